The highest BCUT2D eigenvalue weighted by Gasteiger charge is 2.24. The summed E-state index contributed by atoms with van der Waals surface area (Å²) in [7, 11) is 1.59. The predicted octanol–water partition coefficient (Wildman–Crippen LogP) is 3.64. The lowest BCUT2D eigenvalue weighted by Crippen LogP contribution is -2.50. The highest BCUT2D eigenvalue weighted by Crippen LogP contribution is 2.26. The molecule has 0 saturated carbocycles. The number of aromatic nitrogens is 2. The molecule has 1 atom stereocenters. The Balaban J connectivity index is 1.91. The third-order valence-electron chi connectivity index (χ3n) is 4.78. The average Bonchev–Trinajstić information content (AvgIpc) is 3.17. The molecule has 3 rings (SSSR count). The van der Waals surface area contributed by atoms with Crippen LogP contribution in [-0.4, -0.2) is 40.3 Å². The monoisotopic (exact) mass is 434 g/mol. The van der Waals surface area contributed by atoms with E-state index in [0.717, 1.165) is 11.1 Å². The maximum absolute atomic E-state index is 13.2. The zero-order chi connectivity index (χ0) is 23.3. The molecule has 0 aliphatic rings. The van der Waals surface area contributed by atoms with Gasteiger partial charge >= 0.3 is 0 Å². The lowest BCUT2D eigenvalue weighted by Gasteiger charge is -2.23. The smallest absolute Gasteiger partial charge is 0.255 e. The lowest BCUT2D eigenvalue weighted by atomic mass is 10.1. The summed E-state index contributed by atoms with van der Waals surface area (Å²) in [6.45, 7) is 7.87. The summed E-state index contributed by atoms with van der Waals surface area (Å²) in [5.41, 5.74) is 2.36. The number of carbonyl (C=O) groups excluding carboxylic acids is 2. The fourth-order valence-electron chi connectivity index (χ4n) is 3.24. The van der Waals surface area contributed by atoms with Gasteiger partial charge in [0.1, 0.15) is 17.5 Å². The molecule has 0 spiro atoms. The van der Waals surface area contributed by atoms with Crippen LogP contribution < -0.4 is 15.4 Å². The van der Waals surface area contributed by atoms with E-state index in [9.17, 15) is 9.59 Å². The molecule has 2 N–H and O–H groups in total. The summed E-state index contributed by atoms with van der Waals surface area (Å²) in [4.78, 5) is 25.6. The van der Waals surface area contributed by atoms with Crippen molar-refractivity contribution in [2.24, 2.45) is 0 Å². The van der Waals surface area contributed by atoms with E-state index in [1.807, 2.05) is 75.4 Å². The minimum atomic E-state index is -0.697. The number of methoxy groups -OCH3 is 1. The van der Waals surface area contributed by atoms with E-state index >= 15 is 0 Å². The van der Waals surface area contributed by atoms with Crippen LogP contribution in [0.5, 0.6) is 5.75 Å². The molecular weight excluding hydrogens is 404 g/mol. The van der Waals surface area contributed by atoms with Gasteiger partial charge in [-0.25, -0.2) is 0 Å². The van der Waals surface area contributed by atoms with Crippen LogP contribution in [0.25, 0.3) is 11.3 Å². The highest BCUT2D eigenvalue weighted by molar-refractivity contribution is 6.02. The summed E-state index contributed by atoms with van der Waals surface area (Å²) in [6, 6.07) is 16.6. The number of ether oxygens (including phenoxy) is 1. The van der Waals surface area contributed by atoms with Crippen molar-refractivity contribution in [2.45, 2.75) is 45.8 Å². The van der Waals surface area contributed by atoms with Crippen molar-refractivity contribution in [1.29, 1.82) is 0 Å². The summed E-state index contributed by atoms with van der Waals surface area (Å²) >= 11 is 0. The molecule has 0 bridgehead atoms. The van der Waals surface area contributed by atoms with Crippen LogP contribution in [0.4, 0.5) is 0 Å². The zero-order valence-electron chi connectivity index (χ0n) is 19.2. The Hall–Kier alpha value is -3.61. The molecule has 0 saturated heterocycles. The number of benzene rings is 2. The second kappa shape index (κ2) is 9.68. The van der Waals surface area contributed by atoms with Crippen molar-refractivity contribution in [3.05, 3.63) is 71.9 Å². The van der Waals surface area contributed by atoms with Crippen molar-refractivity contribution in [3.63, 3.8) is 0 Å². The standard InChI is InChI=1S/C25H30N4O3/c1-17(23(30)27-25(2,3)4)26-24(31)21-16-29(15-18-10-7-6-8-11-18)28-22(21)19-12-9-13-20(14-19)32-5/h6-14,16-17H,15H2,1-5H3,(H,26,31)(H,27,30). The number of amides is 2. The number of hydrogen-bond acceptors (Lipinski definition) is 4. The average molecular weight is 435 g/mol. The summed E-state index contributed by atoms with van der Waals surface area (Å²) in [6.07, 6.45) is 1.71. The molecule has 32 heavy (non-hydrogen) atoms. The van der Waals surface area contributed by atoms with Crippen LogP contribution >= 0.6 is 0 Å². The van der Waals surface area contributed by atoms with Crippen molar-refractivity contribution < 1.29 is 14.3 Å². The minimum Gasteiger partial charge on any atom is -0.497 e. The first-order chi connectivity index (χ1) is 15.2. The van der Waals surface area contributed by atoms with Gasteiger partial charge in [-0.2, -0.15) is 5.10 Å². The summed E-state index contributed by atoms with van der Waals surface area (Å²) in [5, 5.41) is 10.4. The number of carbonyl (C=O) groups is 2. The van der Waals surface area contributed by atoms with E-state index < -0.39 is 6.04 Å². The number of nitrogens with zero attached hydrogens (tertiary/aromatic N) is 2. The third kappa shape index (κ3) is 5.97. The van der Waals surface area contributed by atoms with Crippen LogP contribution in [-0.2, 0) is 11.3 Å². The van der Waals surface area contributed by atoms with Gasteiger partial charge in [-0.15, -0.1) is 0 Å². The predicted molar refractivity (Wildman–Crippen MR) is 125 cm³/mol. The Morgan fingerprint density at radius 3 is 2.47 bits per heavy atom. The normalized spacial score (nSPS) is 12.2. The topological polar surface area (TPSA) is 85.2 Å². The van der Waals surface area contributed by atoms with E-state index in [4.69, 9.17) is 4.74 Å². The van der Waals surface area contributed by atoms with Gasteiger partial charge in [-0.3, -0.25) is 14.3 Å². The van der Waals surface area contributed by atoms with Crippen molar-refractivity contribution >= 4 is 11.8 Å². The Bertz CT molecular complexity index is 1080. The third-order valence-corrected chi connectivity index (χ3v) is 4.78. The fourth-order valence-corrected chi connectivity index (χ4v) is 3.24. The molecule has 2 amide bonds. The summed E-state index contributed by atoms with van der Waals surface area (Å²) < 4.78 is 7.07. The number of nitrogens with one attached hydrogen (secondary N) is 2. The van der Waals surface area contributed by atoms with Gasteiger partial charge in [0.15, 0.2) is 0 Å². The largest absolute Gasteiger partial charge is 0.497 e. The van der Waals surface area contributed by atoms with Gasteiger partial charge in [-0.05, 0) is 45.4 Å². The van der Waals surface area contributed by atoms with E-state index in [0.29, 0.717) is 23.6 Å². The lowest BCUT2D eigenvalue weighted by molar-refractivity contribution is -0.124. The van der Waals surface area contributed by atoms with Crippen molar-refractivity contribution in [2.75, 3.05) is 7.11 Å². The molecule has 1 unspecified atom stereocenters. The first-order valence-electron chi connectivity index (χ1n) is 10.5. The van der Waals surface area contributed by atoms with Crippen LogP contribution in [0.2, 0.25) is 0 Å². The Kier molecular flexibility index (Phi) is 6.98. The molecular formula is C25H30N4O3. The Morgan fingerprint density at radius 2 is 1.81 bits per heavy atom. The summed E-state index contributed by atoms with van der Waals surface area (Å²) in [5.74, 6) is 0.0635. The number of rotatable bonds is 7. The van der Waals surface area contributed by atoms with E-state index in [1.165, 1.54) is 0 Å². The molecule has 7 heteroatoms. The Labute approximate surface area is 188 Å². The van der Waals surface area contributed by atoms with Gasteiger partial charge in [0, 0.05) is 17.3 Å². The number of hydrogen-bond donors (Lipinski definition) is 2. The maximum Gasteiger partial charge on any atom is 0.255 e. The first kappa shape index (κ1) is 23.1. The van der Waals surface area contributed by atoms with Crippen molar-refractivity contribution in [3.8, 4) is 17.0 Å². The van der Waals surface area contributed by atoms with E-state index in [-0.39, 0.29) is 17.4 Å². The van der Waals surface area contributed by atoms with Crippen LogP contribution in [0, 0.1) is 0 Å². The zero-order valence-corrected chi connectivity index (χ0v) is 19.2. The molecule has 0 aliphatic carbocycles. The van der Waals surface area contributed by atoms with E-state index in [1.54, 1.807) is 24.9 Å². The van der Waals surface area contributed by atoms with Crippen LogP contribution in [0.1, 0.15) is 43.6 Å². The van der Waals surface area contributed by atoms with Crippen molar-refractivity contribution in [1.82, 2.24) is 20.4 Å². The molecule has 7 nitrogen and oxygen atoms in total. The molecule has 168 valence electrons. The molecule has 0 aliphatic heterocycles. The molecule has 1 aromatic heterocycles. The first-order valence-corrected chi connectivity index (χ1v) is 10.5. The van der Waals surface area contributed by atoms with Crippen LogP contribution in [0.15, 0.2) is 60.8 Å². The van der Waals surface area contributed by atoms with Gasteiger partial charge in [0.05, 0.1) is 19.2 Å². The SMILES string of the molecule is COc1cccc(-c2nn(Cc3ccccc3)cc2C(=O)NC(C)C(=O)NC(C)(C)C)c1. The second-order valence-electron chi connectivity index (χ2n) is 8.74. The highest BCUT2D eigenvalue weighted by atomic mass is 16.5. The second-order valence-corrected chi connectivity index (χ2v) is 8.74. The van der Waals surface area contributed by atoms with Gasteiger partial charge in [0.25, 0.3) is 5.91 Å². The fraction of sp³-hybridized carbons (Fsp3) is 0.320. The molecule has 2 aromatic carbocycles. The molecule has 1 heterocycles. The van der Waals surface area contributed by atoms with E-state index in [2.05, 4.69) is 15.7 Å². The minimum absolute atomic E-state index is 0.245. The quantitative estimate of drug-likeness (QED) is 0.595. The Morgan fingerprint density at radius 1 is 1.09 bits per heavy atom. The molecule has 0 fully saturated rings. The molecule has 0 radical (unpaired) electrons. The van der Waals surface area contributed by atoms with Gasteiger partial charge in [0.2, 0.25) is 5.91 Å². The molecule has 3 aromatic rings. The van der Waals surface area contributed by atoms with Gasteiger partial charge < -0.3 is 15.4 Å². The van der Waals surface area contributed by atoms with Gasteiger partial charge in [-0.1, -0.05) is 42.5 Å². The maximum atomic E-state index is 13.2. The van der Waals surface area contributed by atoms with Crippen LogP contribution in [0.3, 0.4) is 0 Å².